The summed E-state index contributed by atoms with van der Waals surface area (Å²) in [6.45, 7) is 2.07. The summed E-state index contributed by atoms with van der Waals surface area (Å²) < 4.78 is 0.993. The van der Waals surface area contributed by atoms with Gasteiger partial charge in [-0.15, -0.1) is 0 Å². The third kappa shape index (κ3) is 3.39. The van der Waals surface area contributed by atoms with Gasteiger partial charge in [0.1, 0.15) is 6.04 Å². The Morgan fingerprint density at radius 2 is 1.85 bits per heavy atom. The minimum absolute atomic E-state index is 0.381. The highest BCUT2D eigenvalue weighted by Gasteiger charge is 2.19. The first-order valence-corrected chi connectivity index (χ1v) is 7.30. The minimum Gasteiger partial charge on any atom is -0.370 e. The van der Waals surface area contributed by atoms with E-state index in [0.717, 1.165) is 27.7 Å². The Balaban J connectivity index is 2.32. The molecule has 2 aromatic rings. The second-order valence-corrected chi connectivity index (χ2v) is 5.45. The molecule has 3 nitrogen and oxygen atoms in total. The van der Waals surface area contributed by atoms with Crippen LogP contribution in [0.4, 0.5) is 5.69 Å². The van der Waals surface area contributed by atoms with Gasteiger partial charge in [-0.1, -0.05) is 47.1 Å². The van der Waals surface area contributed by atoms with Crippen LogP contribution >= 0.6 is 15.9 Å². The number of nitrogens with two attached hydrogens (primary N) is 1. The average molecular weight is 333 g/mol. The molecule has 0 aliphatic rings. The first kappa shape index (κ1) is 14.6. The lowest BCUT2D eigenvalue weighted by atomic mass is 9.98. The molecule has 1 unspecified atom stereocenters. The van der Waals surface area contributed by atoms with Crippen molar-refractivity contribution in [2.75, 3.05) is 5.32 Å². The molecule has 2 aromatic carbocycles. The number of anilines is 1. The molecule has 0 saturated carbocycles. The fourth-order valence-corrected chi connectivity index (χ4v) is 2.42. The highest BCUT2D eigenvalue weighted by Crippen LogP contribution is 2.24. The van der Waals surface area contributed by atoms with Gasteiger partial charge in [-0.3, -0.25) is 4.79 Å². The Morgan fingerprint density at radius 3 is 2.45 bits per heavy atom. The van der Waals surface area contributed by atoms with E-state index in [-0.39, 0.29) is 5.91 Å². The zero-order chi connectivity index (χ0) is 14.5. The largest absolute Gasteiger partial charge is 0.370 e. The highest BCUT2D eigenvalue weighted by molar-refractivity contribution is 9.10. The van der Waals surface area contributed by atoms with Crippen molar-refractivity contribution >= 4 is 27.5 Å². The molecular formula is C16H17BrN2O. The number of amides is 1. The summed E-state index contributed by atoms with van der Waals surface area (Å²) in [6.07, 6.45) is 0.863. The summed E-state index contributed by atoms with van der Waals surface area (Å²) in [5, 5.41) is 3.20. The number of carbonyl (C=O) groups is 1. The number of carbonyl (C=O) groups excluding carboxylic acids is 1. The van der Waals surface area contributed by atoms with E-state index < -0.39 is 6.04 Å². The Morgan fingerprint density at radius 1 is 1.20 bits per heavy atom. The van der Waals surface area contributed by atoms with Crippen molar-refractivity contribution in [3.05, 3.63) is 64.1 Å². The topological polar surface area (TPSA) is 55.1 Å². The SMILES string of the molecule is CCc1ccccc1C(Nc1ccc(Br)cc1)C(N)=O. The summed E-state index contributed by atoms with van der Waals surface area (Å²) in [4.78, 5) is 11.8. The van der Waals surface area contributed by atoms with Crippen LogP contribution in [0.2, 0.25) is 0 Å². The lowest BCUT2D eigenvalue weighted by Gasteiger charge is -2.20. The van der Waals surface area contributed by atoms with E-state index in [1.165, 1.54) is 0 Å². The number of halogens is 1. The molecule has 4 heteroatoms. The number of aryl methyl sites for hydroxylation is 1. The van der Waals surface area contributed by atoms with Crippen molar-refractivity contribution in [3.8, 4) is 0 Å². The molecule has 3 N–H and O–H groups in total. The summed E-state index contributed by atoms with van der Waals surface area (Å²) in [5.74, 6) is -0.381. The Labute approximate surface area is 127 Å². The second kappa shape index (κ2) is 6.57. The van der Waals surface area contributed by atoms with Gasteiger partial charge < -0.3 is 11.1 Å². The zero-order valence-electron chi connectivity index (χ0n) is 11.3. The van der Waals surface area contributed by atoms with E-state index in [1.54, 1.807) is 0 Å². The normalized spacial score (nSPS) is 11.9. The molecule has 0 saturated heterocycles. The first-order valence-electron chi connectivity index (χ1n) is 6.51. The maximum absolute atomic E-state index is 11.8. The molecule has 0 spiro atoms. The third-order valence-electron chi connectivity index (χ3n) is 3.19. The van der Waals surface area contributed by atoms with Gasteiger partial charge in [0, 0.05) is 10.2 Å². The van der Waals surface area contributed by atoms with E-state index in [2.05, 4.69) is 28.2 Å². The van der Waals surface area contributed by atoms with Crippen molar-refractivity contribution < 1.29 is 4.79 Å². The maximum Gasteiger partial charge on any atom is 0.244 e. The number of hydrogen-bond donors (Lipinski definition) is 2. The lowest BCUT2D eigenvalue weighted by molar-refractivity contribution is -0.118. The van der Waals surface area contributed by atoms with Crippen LogP contribution < -0.4 is 11.1 Å². The van der Waals surface area contributed by atoms with Crippen LogP contribution in [-0.2, 0) is 11.2 Å². The van der Waals surface area contributed by atoms with Crippen LogP contribution in [0.15, 0.2) is 53.0 Å². The van der Waals surface area contributed by atoms with Gasteiger partial charge in [-0.25, -0.2) is 0 Å². The minimum atomic E-state index is -0.521. The van der Waals surface area contributed by atoms with E-state index in [1.807, 2.05) is 48.5 Å². The molecule has 0 heterocycles. The molecule has 1 amide bonds. The third-order valence-corrected chi connectivity index (χ3v) is 3.72. The number of nitrogens with one attached hydrogen (secondary N) is 1. The van der Waals surface area contributed by atoms with Gasteiger partial charge in [0.2, 0.25) is 5.91 Å². The average Bonchev–Trinajstić information content (AvgIpc) is 2.46. The summed E-state index contributed by atoms with van der Waals surface area (Å²) in [5.41, 5.74) is 8.48. The van der Waals surface area contributed by atoms with Gasteiger partial charge >= 0.3 is 0 Å². The molecule has 104 valence electrons. The van der Waals surface area contributed by atoms with E-state index in [9.17, 15) is 4.79 Å². The van der Waals surface area contributed by atoms with Gasteiger partial charge in [0.25, 0.3) is 0 Å². The van der Waals surface area contributed by atoms with Crippen molar-refractivity contribution in [3.63, 3.8) is 0 Å². The standard InChI is InChI=1S/C16H17BrN2O/c1-2-11-5-3-4-6-14(11)15(16(18)20)19-13-9-7-12(17)8-10-13/h3-10,15,19H,2H2,1H3,(H2,18,20). The molecule has 0 fully saturated rings. The lowest BCUT2D eigenvalue weighted by Crippen LogP contribution is -2.28. The van der Waals surface area contributed by atoms with Gasteiger partial charge in [0.15, 0.2) is 0 Å². The smallest absolute Gasteiger partial charge is 0.244 e. The van der Waals surface area contributed by atoms with Crippen LogP contribution in [0.5, 0.6) is 0 Å². The first-order chi connectivity index (χ1) is 9.61. The number of rotatable bonds is 5. The van der Waals surface area contributed by atoms with Crippen molar-refractivity contribution in [2.45, 2.75) is 19.4 Å². The van der Waals surface area contributed by atoms with Crippen molar-refractivity contribution in [1.29, 1.82) is 0 Å². The fourth-order valence-electron chi connectivity index (χ4n) is 2.15. The molecule has 1 atom stereocenters. The number of hydrogen-bond acceptors (Lipinski definition) is 2. The van der Waals surface area contributed by atoms with Crippen molar-refractivity contribution in [1.82, 2.24) is 0 Å². The fraction of sp³-hybridized carbons (Fsp3) is 0.188. The van der Waals surface area contributed by atoms with Gasteiger partial charge in [-0.05, 0) is 41.8 Å². The quantitative estimate of drug-likeness (QED) is 0.877. The summed E-state index contributed by atoms with van der Waals surface area (Å²) >= 11 is 3.39. The van der Waals surface area contributed by atoms with E-state index in [4.69, 9.17) is 5.73 Å². The van der Waals surface area contributed by atoms with Crippen LogP contribution in [0, 0.1) is 0 Å². The van der Waals surface area contributed by atoms with Gasteiger partial charge in [0.05, 0.1) is 0 Å². The van der Waals surface area contributed by atoms with Crippen molar-refractivity contribution in [2.24, 2.45) is 5.73 Å². The summed E-state index contributed by atoms with van der Waals surface area (Å²) in [7, 11) is 0. The van der Waals surface area contributed by atoms with Gasteiger partial charge in [-0.2, -0.15) is 0 Å². The van der Waals surface area contributed by atoms with E-state index in [0.29, 0.717) is 0 Å². The predicted octanol–water partition coefficient (Wildman–Crippen LogP) is 3.65. The molecule has 2 rings (SSSR count). The van der Waals surface area contributed by atoms with Crippen LogP contribution in [0.1, 0.15) is 24.1 Å². The molecule has 0 aliphatic carbocycles. The Bertz CT molecular complexity index is 596. The number of benzene rings is 2. The Hall–Kier alpha value is -1.81. The molecule has 0 aromatic heterocycles. The molecule has 0 bridgehead atoms. The monoisotopic (exact) mass is 332 g/mol. The summed E-state index contributed by atoms with van der Waals surface area (Å²) in [6, 6.07) is 15.0. The highest BCUT2D eigenvalue weighted by atomic mass is 79.9. The predicted molar refractivity (Wildman–Crippen MR) is 85.5 cm³/mol. The molecule has 20 heavy (non-hydrogen) atoms. The van der Waals surface area contributed by atoms with Crippen LogP contribution in [0.3, 0.4) is 0 Å². The maximum atomic E-state index is 11.8. The molecular weight excluding hydrogens is 316 g/mol. The molecule has 0 radical (unpaired) electrons. The molecule has 0 aliphatic heterocycles. The van der Waals surface area contributed by atoms with Crippen LogP contribution in [-0.4, -0.2) is 5.91 Å². The zero-order valence-corrected chi connectivity index (χ0v) is 12.9. The second-order valence-electron chi connectivity index (χ2n) is 4.54. The Kier molecular flexibility index (Phi) is 4.79. The van der Waals surface area contributed by atoms with Crippen LogP contribution in [0.25, 0.3) is 0 Å². The number of primary amides is 1. The van der Waals surface area contributed by atoms with E-state index >= 15 is 0 Å².